The van der Waals surface area contributed by atoms with Gasteiger partial charge in [-0.1, -0.05) is 6.07 Å². The Bertz CT molecular complexity index is 636. The second kappa shape index (κ2) is 10.7. The van der Waals surface area contributed by atoms with Gasteiger partial charge in [0.05, 0.1) is 6.61 Å². The monoisotopic (exact) mass is 391 g/mol. The normalized spacial score (nSPS) is 14.4. The summed E-state index contributed by atoms with van der Waals surface area (Å²) < 4.78 is 10.8. The molecule has 0 bridgehead atoms. The van der Waals surface area contributed by atoms with E-state index in [0.29, 0.717) is 31.5 Å². The third kappa shape index (κ3) is 9.43. The number of rotatable bonds is 9. The Kier molecular flexibility index (Phi) is 8.35. The Hall–Kier alpha value is -2.51. The Morgan fingerprint density at radius 3 is 2.57 bits per heavy atom. The van der Waals surface area contributed by atoms with Gasteiger partial charge in [0, 0.05) is 38.9 Å². The topological polar surface area (TPSA) is 96.9 Å². The third-order valence-corrected chi connectivity index (χ3v) is 3.96. The molecule has 8 nitrogen and oxygen atoms in total. The lowest BCUT2D eigenvalue weighted by Gasteiger charge is -2.19. The smallest absolute Gasteiger partial charge is 0.407 e. The lowest BCUT2D eigenvalue weighted by atomic mass is 10.2. The van der Waals surface area contributed by atoms with Crippen molar-refractivity contribution in [3.05, 3.63) is 23.9 Å². The summed E-state index contributed by atoms with van der Waals surface area (Å²) in [5, 5.41) is 9.19. The number of hydrogen-bond acceptors (Lipinski definition) is 5. The molecule has 0 unspecified atom stereocenters. The van der Waals surface area contributed by atoms with E-state index in [2.05, 4.69) is 25.9 Å². The molecule has 0 saturated heterocycles. The zero-order chi connectivity index (χ0) is 20.4. The van der Waals surface area contributed by atoms with Gasteiger partial charge in [0.15, 0.2) is 5.96 Å². The van der Waals surface area contributed by atoms with Crippen LogP contribution < -0.4 is 20.7 Å². The molecule has 0 radical (unpaired) electrons. The largest absolute Gasteiger partial charge is 0.477 e. The molecular formula is C20H33N5O3. The molecule has 1 aromatic rings. The van der Waals surface area contributed by atoms with Gasteiger partial charge in [0.1, 0.15) is 5.60 Å². The Balaban J connectivity index is 1.58. The highest BCUT2D eigenvalue weighted by molar-refractivity contribution is 5.79. The molecule has 1 aromatic heterocycles. The Morgan fingerprint density at radius 2 is 1.96 bits per heavy atom. The SMILES string of the molecule is CN=C(NCCCNC(=O)OC(C)(C)C)NCc1ccc(OCC2CC2)nc1. The van der Waals surface area contributed by atoms with Crippen molar-refractivity contribution in [3.8, 4) is 5.88 Å². The number of pyridine rings is 1. The lowest BCUT2D eigenvalue weighted by Crippen LogP contribution is -2.39. The zero-order valence-electron chi connectivity index (χ0n) is 17.4. The molecular weight excluding hydrogens is 358 g/mol. The maximum atomic E-state index is 11.6. The van der Waals surface area contributed by atoms with Crippen LogP contribution in [0.25, 0.3) is 0 Å². The number of carbonyl (C=O) groups is 1. The average Bonchev–Trinajstić information content (AvgIpc) is 3.46. The summed E-state index contributed by atoms with van der Waals surface area (Å²) in [6.45, 7) is 8.12. The van der Waals surface area contributed by atoms with Crippen molar-refractivity contribution >= 4 is 12.1 Å². The molecule has 1 saturated carbocycles. The number of aromatic nitrogens is 1. The van der Waals surface area contributed by atoms with Crippen LogP contribution in [0.2, 0.25) is 0 Å². The minimum absolute atomic E-state index is 0.396. The van der Waals surface area contributed by atoms with Gasteiger partial charge >= 0.3 is 6.09 Å². The summed E-state index contributed by atoms with van der Waals surface area (Å²) in [6.07, 6.45) is 4.71. The number of alkyl carbamates (subject to hydrolysis) is 1. The van der Waals surface area contributed by atoms with Crippen LogP contribution >= 0.6 is 0 Å². The minimum Gasteiger partial charge on any atom is -0.477 e. The fourth-order valence-electron chi connectivity index (χ4n) is 2.29. The lowest BCUT2D eigenvalue weighted by molar-refractivity contribution is 0.0527. The molecule has 1 aliphatic carbocycles. The van der Waals surface area contributed by atoms with Crippen molar-refractivity contribution in [2.24, 2.45) is 10.9 Å². The van der Waals surface area contributed by atoms with Crippen LogP contribution in [0, 0.1) is 5.92 Å². The van der Waals surface area contributed by atoms with Crippen molar-refractivity contribution in [3.63, 3.8) is 0 Å². The van der Waals surface area contributed by atoms with Gasteiger partial charge in [-0.3, -0.25) is 4.99 Å². The molecule has 0 atom stereocenters. The molecule has 1 fully saturated rings. The van der Waals surface area contributed by atoms with E-state index in [4.69, 9.17) is 9.47 Å². The highest BCUT2D eigenvalue weighted by Crippen LogP contribution is 2.29. The number of nitrogens with one attached hydrogen (secondary N) is 3. The molecule has 2 rings (SSSR count). The number of ether oxygens (including phenoxy) is 2. The summed E-state index contributed by atoms with van der Waals surface area (Å²) in [4.78, 5) is 20.1. The van der Waals surface area contributed by atoms with Gasteiger partial charge in [-0.25, -0.2) is 9.78 Å². The number of amides is 1. The van der Waals surface area contributed by atoms with Crippen molar-refractivity contribution in [1.82, 2.24) is 20.9 Å². The van der Waals surface area contributed by atoms with Gasteiger partial charge in [-0.15, -0.1) is 0 Å². The zero-order valence-corrected chi connectivity index (χ0v) is 17.4. The number of hydrogen-bond donors (Lipinski definition) is 3. The molecule has 0 aromatic carbocycles. The quantitative estimate of drug-likeness (QED) is 0.340. The molecule has 28 heavy (non-hydrogen) atoms. The maximum Gasteiger partial charge on any atom is 0.407 e. The fraction of sp³-hybridized carbons (Fsp3) is 0.650. The van der Waals surface area contributed by atoms with E-state index in [0.717, 1.165) is 24.5 Å². The van der Waals surface area contributed by atoms with Crippen LogP contribution in [0.4, 0.5) is 4.79 Å². The van der Waals surface area contributed by atoms with E-state index in [9.17, 15) is 4.79 Å². The average molecular weight is 392 g/mol. The van der Waals surface area contributed by atoms with Crippen molar-refractivity contribution in [2.75, 3.05) is 26.7 Å². The predicted molar refractivity (Wildman–Crippen MR) is 110 cm³/mol. The van der Waals surface area contributed by atoms with E-state index in [1.807, 2.05) is 39.1 Å². The van der Waals surface area contributed by atoms with Gasteiger partial charge in [-0.05, 0) is 51.5 Å². The second-order valence-electron chi connectivity index (χ2n) is 7.89. The first-order chi connectivity index (χ1) is 13.4. The second-order valence-corrected chi connectivity index (χ2v) is 7.89. The summed E-state index contributed by atoms with van der Waals surface area (Å²) in [6, 6.07) is 3.90. The number of aliphatic imine (C=N–C) groups is 1. The van der Waals surface area contributed by atoms with Gasteiger partial charge < -0.3 is 25.4 Å². The molecule has 1 aliphatic rings. The third-order valence-electron chi connectivity index (χ3n) is 3.96. The first kappa shape index (κ1) is 21.8. The Morgan fingerprint density at radius 1 is 1.21 bits per heavy atom. The molecule has 1 amide bonds. The molecule has 8 heteroatoms. The summed E-state index contributed by atoms with van der Waals surface area (Å²) >= 11 is 0. The summed E-state index contributed by atoms with van der Waals surface area (Å²) in [5.41, 5.74) is 0.568. The molecule has 0 spiro atoms. The van der Waals surface area contributed by atoms with Gasteiger partial charge in [0.2, 0.25) is 5.88 Å². The maximum absolute atomic E-state index is 11.6. The fourth-order valence-corrected chi connectivity index (χ4v) is 2.29. The molecule has 1 heterocycles. The first-order valence-corrected chi connectivity index (χ1v) is 9.85. The number of carbonyl (C=O) groups excluding carboxylic acids is 1. The van der Waals surface area contributed by atoms with Crippen LogP contribution in [0.1, 0.15) is 45.6 Å². The molecule has 156 valence electrons. The highest BCUT2D eigenvalue weighted by Gasteiger charge is 2.22. The van der Waals surface area contributed by atoms with E-state index in [1.165, 1.54) is 12.8 Å². The predicted octanol–water partition coefficient (Wildman–Crippen LogP) is 2.45. The van der Waals surface area contributed by atoms with E-state index < -0.39 is 11.7 Å². The molecule has 0 aliphatic heterocycles. The number of guanidine groups is 1. The summed E-state index contributed by atoms with van der Waals surface area (Å²) in [7, 11) is 1.72. The van der Waals surface area contributed by atoms with Crippen molar-refractivity contribution in [2.45, 2.75) is 52.2 Å². The van der Waals surface area contributed by atoms with E-state index >= 15 is 0 Å². The highest BCUT2D eigenvalue weighted by atomic mass is 16.6. The van der Waals surface area contributed by atoms with Crippen LogP contribution in [0.15, 0.2) is 23.3 Å². The van der Waals surface area contributed by atoms with Crippen LogP contribution in [0.5, 0.6) is 5.88 Å². The van der Waals surface area contributed by atoms with E-state index in [1.54, 1.807) is 7.05 Å². The van der Waals surface area contributed by atoms with Gasteiger partial charge in [0.25, 0.3) is 0 Å². The van der Waals surface area contributed by atoms with Crippen LogP contribution in [-0.4, -0.2) is 49.4 Å². The van der Waals surface area contributed by atoms with Gasteiger partial charge in [-0.2, -0.15) is 0 Å². The van der Waals surface area contributed by atoms with Crippen molar-refractivity contribution in [1.29, 1.82) is 0 Å². The first-order valence-electron chi connectivity index (χ1n) is 9.85. The number of nitrogens with zero attached hydrogens (tertiary/aromatic N) is 2. The molecule has 3 N–H and O–H groups in total. The van der Waals surface area contributed by atoms with Crippen LogP contribution in [0.3, 0.4) is 0 Å². The van der Waals surface area contributed by atoms with Crippen molar-refractivity contribution < 1.29 is 14.3 Å². The minimum atomic E-state index is -0.481. The van der Waals surface area contributed by atoms with E-state index in [-0.39, 0.29) is 0 Å². The standard InChI is InChI=1S/C20H33N5O3/c1-20(2,3)28-19(26)23-11-5-10-22-18(21-4)25-13-16-8-9-17(24-12-16)27-14-15-6-7-15/h8-9,12,15H,5-7,10-11,13-14H2,1-4H3,(H,23,26)(H2,21,22,25). The summed E-state index contributed by atoms with van der Waals surface area (Å²) in [5.74, 6) is 2.10. The Labute approximate surface area is 167 Å². The van der Waals surface area contributed by atoms with Crippen LogP contribution in [-0.2, 0) is 11.3 Å².